The number of nitriles is 1. The summed E-state index contributed by atoms with van der Waals surface area (Å²) in [5.41, 5.74) is 2.76. The minimum Gasteiger partial charge on any atom is -0.272 e. The van der Waals surface area contributed by atoms with Crippen LogP contribution in [0.4, 0.5) is 0 Å². The molecule has 2 heterocycles. The van der Waals surface area contributed by atoms with Crippen LogP contribution in [0.15, 0.2) is 59.8 Å². The van der Waals surface area contributed by atoms with Gasteiger partial charge in [-0.05, 0) is 48.4 Å². The summed E-state index contributed by atoms with van der Waals surface area (Å²) in [4.78, 5) is 13.4. The molecular weight excluding hydrogens is 374 g/mol. The van der Waals surface area contributed by atoms with E-state index in [9.17, 15) is 4.79 Å². The van der Waals surface area contributed by atoms with Crippen molar-refractivity contribution in [2.75, 3.05) is 0 Å². The molecule has 2 bridgehead atoms. The van der Waals surface area contributed by atoms with Crippen LogP contribution < -0.4 is 0 Å². The summed E-state index contributed by atoms with van der Waals surface area (Å²) >= 11 is 0. The Labute approximate surface area is 174 Å². The number of hydrazone groups is 1. The maximum atomic E-state index is 13.4. The molecule has 148 valence electrons. The smallest absolute Gasteiger partial charge is 0.249 e. The minimum absolute atomic E-state index is 0.0214. The van der Waals surface area contributed by atoms with Crippen LogP contribution >= 0.6 is 0 Å². The first kappa shape index (κ1) is 17.4. The number of hydrogen-bond donors (Lipinski definition) is 0. The summed E-state index contributed by atoms with van der Waals surface area (Å²) < 4.78 is 2.03. The Morgan fingerprint density at radius 3 is 2.73 bits per heavy atom. The maximum Gasteiger partial charge on any atom is 0.249 e. The quantitative estimate of drug-likeness (QED) is 0.669. The summed E-state index contributed by atoms with van der Waals surface area (Å²) in [6.45, 7) is 0.822. The van der Waals surface area contributed by atoms with Gasteiger partial charge in [-0.1, -0.05) is 30.3 Å². The van der Waals surface area contributed by atoms with E-state index >= 15 is 0 Å². The van der Waals surface area contributed by atoms with Gasteiger partial charge in [-0.15, -0.1) is 0 Å². The lowest BCUT2D eigenvalue weighted by atomic mass is 9.34. The highest BCUT2D eigenvalue weighted by molar-refractivity contribution is 5.88. The van der Waals surface area contributed by atoms with Crippen LogP contribution in [0.2, 0.25) is 0 Å². The first-order valence-electron chi connectivity index (χ1n) is 10.4. The molecule has 4 aliphatic rings. The van der Waals surface area contributed by atoms with Gasteiger partial charge in [-0.3, -0.25) is 9.48 Å². The van der Waals surface area contributed by atoms with Crippen LogP contribution in [0, 0.1) is 22.2 Å². The summed E-state index contributed by atoms with van der Waals surface area (Å²) in [6.07, 6.45) is 7.19. The fourth-order valence-electron chi connectivity index (χ4n) is 5.80. The molecule has 1 amide bonds. The van der Waals surface area contributed by atoms with Crippen molar-refractivity contribution in [2.24, 2.45) is 15.9 Å². The number of amides is 1. The van der Waals surface area contributed by atoms with Crippen molar-refractivity contribution >= 4 is 23.0 Å². The molecule has 0 N–H and O–H groups in total. The fourth-order valence-corrected chi connectivity index (χ4v) is 5.80. The molecule has 30 heavy (non-hydrogen) atoms. The number of carbonyl (C=O) groups excluding carboxylic acids is 1. The average Bonchev–Trinajstić information content (AvgIpc) is 3.36. The number of benzene rings is 2. The molecule has 1 atom stereocenters. The molecule has 6 nitrogen and oxygen atoms in total. The largest absolute Gasteiger partial charge is 0.272 e. The van der Waals surface area contributed by atoms with Gasteiger partial charge in [0, 0.05) is 24.6 Å². The molecule has 1 unspecified atom stereocenters. The zero-order chi connectivity index (χ0) is 20.3. The van der Waals surface area contributed by atoms with E-state index in [1.54, 1.807) is 5.01 Å². The first-order chi connectivity index (χ1) is 14.6. The Bertz CT molecular complexity index is 1220. The zero-order valence-corrected chi connectivity index (χ0v) is 16.5. The van der Waals surface area contributed by atoms with E-state index in [-0.39, 0.29) is 22.8 Å². The summed E-state index contributed by atoms with van der Waals surface area (Å²) in [7, 11) is 0. The van der Waals surface area contributed by atoms with Crippen LogP contribution in [-0.2, 0) is 11.3 Å². The van der Waals surface area contributed by atoms with E-state index in [1.807, 2.05) is 53.5 Å². The van der Waals surface area contributed by atoms with Crippen LogP contribution in [-0.4, -0.2) is 26.9 Å². The van der Waals surface area contributed by atoms with Crippen molar-refractivity contribution in [3.05, 3.63) is 65.9 Å². The van der Waals surface area contributed by atoms with Gasteiger partial charge >= 0.3 is 0 Å². The lowest BCUT2D eigenvalue weighted by Crippen LogP contribution is -2.68. The van der Waals surface area contributed by atoms with Crippen molar-refractivity contribution in [1.29, 1.82) is 5.26 Å². The third-order valence-electron chi connectivity index (χ3n) is 7.07. The summed E-state index contributed by atoms with van der Waals surface area (Å²) in [5.74, 6) is 0.177. The van der Waals surface area contributed by atoms with Crippen LogP contribution in [0.5, 0.6) is 0 Å². The number of hydrogen-bond acceptors (Lipinski definition) is 4. The van der Waals surface area contributed by atoms with Crippen LogP contribution in [0.3, 0.4) is 0 Å². The molecule has 1 aromatic heterocycles. The molecule has 3 aromatic rings. The Morgan fingerprint density at radius 1 is 1.17 bits per heavy atom. The predicted molar refractivity (Wildman–Crippen MR) is 112 cm³/mol. The Balaban J connectivity index is 1.17. The number of carbonyl (C=O) groups is 1. The van der Waals surface area contributed by atoms with E-state index < -0.39 is 0 Å². The van der Waals surface area contributed by atoms with Crippen molar-refractivity contribution in [3.63, 3.8) is 0 Å². The topological polar surface area (TPSA) is 74.3 Å². The summed E-state index contributed by atoms with van der Waals surface area (Å²) in [5, 5.41) is 20.8. The standard InChI is InChI=1S/C24H21N5O/c25-11-17-6-7-20-19(10-17)12-27-28(20)16-23-13-24(14-23,15-23)22(30)29-21(8-9-26-29)18-4-2-1-3-5-18/h1-7,9-10,12,21H,8,13-16H2. The molecule has 0 radical (unpaired) electrons. The highest BCUT2D eigenvalue weighted by atomic mass is 16.2. The third kappa shape index (κ3) is 2.38. The van der Waals surface area contributed by atoms with Crippen LogP contribution in [0.1, 0.15) is 42.9 Å². The predicted octanol–water partition coefficient (Wildman–Crippen LogP) is 4.04. The second-order valence-electron chi connectivity index (χ2n) is 9.11. The minimum atomic E-state index is -0.244. The van der Waals surface area contributed by atoms with Gasteiger partial charge in [0.05, 0.1) is 34.8 Å². The highest BCUT2D eigenvalue weighted by Gasteiger charge is 2.72. The van der Waals surface area contributed by atoms with E-state index in [4.69, 9.17) is 5.26 Å². The van der Waals surface area contributed by atoms with E-state index in [0.717, 1.165) is 48.7 Å². The number of rotatable bonds is 4. The second-order valence-corrected chi connectivity index (χ2v) is 9.11. The van der Waals surface area contributed by atoms with Gasteiger partial charge in [-0.25, -0.2) is 5.01 Å². The van der Waals surface area contributed by atoms with E-state index in [0.29, 0.717) is 5.56 Å². The Hall–Kier alpha value is -3.46. The molecule has 3 aliphatic carbocycles. The van der Waals surface area contributed by atoms with Gasteiger partial charge in [0.15, 0.2) is 0 Å². The summed E-state index contributed by atoms with van der Waals surface area (Å²) in [6, 6.07) is 18.0. The maximum absolute atomic E-state index is 13.4. The molecule has 0 saturated heterocycles. The van der Waals surface area contributed by atoms with Crippen LogP contribution in [0.25, 0.3) is 10.9 Å². The van der Waals surface area contributed by atoms with Gasteiger partial charge in [0.25, 0.3) is 0 Å². The Morgan fingerprint density at radius 2 is 1.97 bits per heavy atom. The molecule has 7 rings (SSSR count). The highest BCUT2D eigenvalue weighted by Crippen LogP contribution is 2.74. The van der Waals surface area contributed by atoms with Crippen molar-refractivity contribution in [3.8, 4) is 6.07 Å². The number of nitrogens with zero attached hydrogens (tertiary/aromatic N) is 5. The number of fused-ring (bicyclic) bond motifs is 1. The van der Waals surface area contributed by atoms with Gasteiger partial charge < -0.3 is 0 Å². The van der Waals surface area contributed by atoms with Gasteiger partial charge in [0.1, 0.15) is 0 Å². The normalized spacial score (nSPS) is 28.8. The lowest BCUT2D eigenvalue weighted by molar-refractivity contribution is -0.223. The second kappa shape index (κ2) is 6.02. The van der Waals surface area contributed by atoms with Gasteiger partial charge in [0.2, 0.25) is 5.91 Å². The first-order valence-corrected chi connectivity index (χ1v) is 10.4. The van der Waals surface area contributed by atoms with E-state index in [2.05, 4.69) is 28.4 Å². The molecule has 0 spiro atoms. The molecule has 3 fully saturated rings. The SMILES string of the molecule is N#Cc1ccc2c(cnn2CC23CC(C(=O)N4N=CCC4c4ccccc4)(C2)C3)c1. The van der Waals surface area contributed by atoms with Crippen molar-refractivity contribution in [2.45, 2.75) is 38.3 Å². The number of aromatic nitrogens is 2. The molecule has 2 aromatic carbocycles. The monoisotopic (exact) mass is 395 g/mol. The van der Waals surface area contributed by atoms with Crippen molar-refractivity contribution in [1.82, 2.24) is 14.8 Å². The lowest BCUT2D eigenvalue weighted by Gasteiger charge is -2.69. The van der Waals surface area contributed by atoms with E-state index in [1.165, 1.54) is 0 Å². The average molecular weight is 395 g/mol. The Kier molecular flexibility index (Phi) is 3.49. The molecule has 1 aliphatic heterocycles. The third-order valence-corrected chi connectivity index (χ3v) is 7.07. The fraction of sp³-hybridized carbons (Fsp3) is 0.333. The van der Waals surface area contributed by atoms with Crippen molar-refractivity contribution < 1.29 is 4.79 Å². The van der Waals surface area contributed by atoms with Gasteiger partial charge in [-0.2, -0.15) is 15.5 Å². The molecule has 3 saturated carbocycles. The zero-order valence-electron chi connectivity index (χ0n) is 16.5. The molecular formula is C24H21N5O. The molecule has 6 heteroatoms.